The Hall–Kier alpha value is -1.62. The van der Waals surface area contributed by atoms with Crippen molar-refractivity contribution < 1.29 is 14.0 Å². The van der Waals surface area contributed by atoms with Crippen LogP contribution in [0, 0.1) is 5.82 Å². The Balaban J connectivity index is 2.05. The second kappa shape index (κ2) is 5.57. The maximum atomic E-state index is 13.3. The van der Waals surface area contributed by atoms with Crippen molar-refractivity contribution in [2.24, 2.45) is 0 Å². The van der Waals surface area contributed by atoms with E-state index in [0.29, 0.717) is 13.0 Å². The number of likely N-dealkylation sites (tertiary alicyclic amines) is 1. The molecule has 1 aromatic rings. The third-order valence-electron chi connectivity index (χ3n) is 3.19. The van der Waals surface area contributed by atoms with Crippen molar-refractivity contribution in [1.82, 2.24) is 10.2 Å². The molecular weight excluding hydrogens is 271 g/mol. The van der Waals surface area contributed by atoms with Crippen molar-refractivity contribution >= 4 is 23.4 Å². The van der Waals surface area contributed by atoms with Gasteiger partial charge in [-0.25, -0.2) is 4.39 Å². The number of piperidine rings is 1. The molecule has 2 rings (SSSR count). The molecule has 19 heavy (non-hydrogen) atoms. The normalized spacial score (nSPS) is 19.4. The SMILES string of the molecule is CN1CC[C@@H](NC(=O)c2cccc(F)c2Cl)CC1=O. The zero-order valence-electron chi connectivity index (χ0n) is 10.5. The van der Waals surface area contributed by atoms with Crippen molar-refractivity contribution in [3.8, 4) is 0 Å². The van der Waals surface area contributed by atoms with Crippen molar-refractivity contribution in [3.05, 3.63) is 34.6 Å². The first-order valence-corrected chi connectivity index (χ1v) is 6.35. The molecule has 0 aliphatic carbocycles. The summed E-state index contributed by atoms with van der Waals surface area (Å²) in [7, 11) is 1.73. The third kappa shape index (κ3) is 3.04. The lowest BCUT2D eigenvalue weighted by molar-refractivity contribution is -0.132. The molecule has 1 N–H and O–H groups in total. The average Bonchev–Trinajstić information content (AvgIpc) is 2.37. The first-order chi connectivity index (χ1) is 8.99. The molecule has 2 amide bonds. The lowest BCUT2D eigenvalue weighted by Gasteiger charge is -2.29. The standard InChI is InChI=1S/C13H14ClFN2O2/c1-17-6-5-8(7-11(17)18)16-13(19)9-3-2-4-10(15)12(9)14/h2-4,8H,5-7H2,1H3,(H,16,19)/t8-/m1/s1. The summed E-state index contributed by atoms with van der Waals surface area (Å²) in [4.78, 5) is 25.1. The molecule has 6 heteroatoms. The van der Waals surface area contributed by atoms with Crippen LogP contribution in [0.5, 0.6) is 0 Å². The molecule has 1 atom stereocenters. The van der Waals surface area contributed by atoms with Crippen LogP contribution in [0.25, 0.3) is 0 Å². The maximum absolute atomic E-state index is 13.3. The molecule has 4 nitrogen and oxygen atoms in total. The molecule has 0 aromatic heterocycles. The molecule has 1 aliphatic rings. The van der Waals surface area contributed by atoms with Crippen molar-refractivity contribution in [1.29, 1.82) is 0 Å². The van der Waals surface area contributed by atoms with Gasteiger partial charge in [-0.3, -0.25) is 9.59 Å². The summed E-state index contributed by atoms with van der Waals surface area (Å²) >= 11 is 5.75. The first-order valence-electron chi connectivity index (χ1n) is 5.98. The molecule has 1 saturated heterocycles. The van der Waals surface area contributed by atoms with Crippen LogP contribution in [0.1, 0.15) is 23.2 Å². The minimum atomic E-state index is -0.631. The van der Waals surface area contributed by atoms with Gasteiger partial charge < -0.3 is 10.2 Å². The summed E-state index contributed by atoms with van der Waals surface area (Å²) in [6.45, 7) is 0.598. The Morgan fingerprint density at radius 3 is 2.95 bits per heavy atom. The van der Waals surface area contributed by atoms with Crippen LogP contribution in [-0.4, -0.2) is 36.3 Å². The van der Waals surface area contributed by atoms with E-state index < -0.39 is 11.7 Å². The first kappa shape index (κ1) is 13.8. The van der Waals surface area contributed by atoms with E-state index in [1.807, 2.05) is 0 Å². The molecule has 0 radical (unpaired) electrons. The summed E-state index contributed by atoms with van der Waals surface area (Å²) in [5, 5.41) is 2.52. The van der Waals surface area contributed by atoms with E-state index in [9.17, 15) is 14.0 Å². The summed E-state index contributed by atoms with van der Waals surface area (Å²) in [5.74, 6) is -1.09. The number of carbonyl (C=O) groups is 2. The zero-order valence-corrected chi connectivity index (χ0v) is 11.2. The lowest BCUT2D eigenvalue weighted by Crippen LogP contribution is -2.46. The van der Waals surface area contributed by atoms with Gasteiger partial charge in [0, 0.05) is 26.1 Å². The smallest absolute Gasteiger partial charge is 0.253 e. The highest BCUT2D eigenvalue weighted by molar-refractivity contribution is 6.34. The second-order valence-electron chi connectivity index (χ2n) is 4.58. The highest BCUT2D eigenvalue weighted by atomic mass is 35.5. The number of hydrogen-bond acceptors (Lipinski definition) is 2. The molecule has 1 fully saturated rings. The summed E-state index contributed by atoms with van der Waals surface area (Å²) in [6, 6.07) is 3.85. The monoisotopic (exact) mass is 284 g/mol. The van der Waals surface area contributed by atoms with E-state index in [4.69, 9.17) is 11.6 Å². The number of rotatable bonds is 2. The van der Waals surface area contributed by atoms with E-state index in [-0.39, 0.29) is 29.0 Å². The molecule has 0 bridgehead atoms. The van der Waals surface area contributed by atoms with Gasteiger partial charge in [-0.2, -0.15) is 0 Å². The Kier molecular flexibility index (Phi) is 4.04. The molecular formula is C13H14ClFN2O2. The number of halogens is 2. The fraction of sp³-hybridized carbons (Fsp3) is 0.385. The van der Waals surface area contributed by atoms with E-state index in [1.54, 1.807) is 11.9 Å². The van der Waals surface area contributed by atoms with Gasteiger partial charge >= 0.3 is 0 Å². The van der Waals surface area contributed by atoms with Crippen molar-refractivity contribution in [3.63, 3.8) is 0 Å². The van der Waals surface area contributed by atoms with E-state index >= 15 is 0 Å². The van der Waals surface area contributed by atoms with Gasteiger partial charge in [-0.1, -0.05) is 17.7 Å². The molecule has 102 valence electrons. The molecule has 0 saturated carbocycles. The Labute approximate surface area is 115 Å². The fourth-order valence-corrected chi connectivity index (χ4v) is 2.22. The second-order valence-corrected chi connectivity index (χ2v) is 4.96. The highest BCUT2D eigenvalue weighted by Crippen LogP contribution is 2.20. The number of hydrogen-bond donors (Lipinski definition) is 1. The van der Waals surface area contributed by atoms with Crippen LogP contribution >= 0.6 is 11.6 Å². The fourth-order valence-electron chi connectivity index (χ4n) is 2.01. The lowest BCUT2D eigenvalue weighted by atomic mass is 10.0. The maximum Gasteiger partial charge on any atom is 0.253 e. The van der Waals surface area contributed by atoms with Gasteiger partial charge in [0.2, 0.25) is 5.91 Å². The summed E-state index contributed by atoms with van der Waals surface area (Å²) in [6.07, 6.45) is 0.941. The number of carbonyl (C=O) groups excluding carboxylic acids is 2. The molecule has 0 spiro atoms. The highest BCUT2D eigenvalue weighted by Gasteiger charge is 2.25. The Bertz CT molecular complexity index is 521. The van der Waals surface area contributed by atoms with E-state index in [2.05, 4.69) is 5.32 Å². The third-order valence-corrected chi connectivity index (χ3v) is 3.58. The minimum Gasteiger partial charge on any atom is -0.349 e. The van der Waals surface area contributed by atoms with Crippen molar-refractivity contribution in [2.45, 2.75) is 18.9 Å². The van der Waals surface area contributed by atoms with Crippen molar-refractivity contribution in [2.75, 3.05) is 13.6 Å². The van der Waals surface area contributed by atoms with Crippen LogP contribution in [-0.2, 0) is 4.79 Å². The Morgan fingerprint density at radius 1 is 1.53 bits per heavy atom. The molecule has 1 aromatic carbocycles. The molecule has 1 heterocycles. The van der Waals surface area contributed by atoms with Gasteiger partial charge in [0.25, 0.3) is 5.91 Å². The van der Waals surface area contributed by atoms with Crippen LogP contribution in [0.4, 0.5) is 4.39 Å². The van der Waals surface area contributed by atoms with Gasteiger partial charge in [-0.15, -0.1) is 0 Å². The predicted molar refractivity (Wildman–Crippen MR) is 69.5 cm³/mol. The zero-order chi connectivity index (χ0) is 14.0. The largest absolute Gasteiger partial charge is 0.349 e. The number of amides is 2. The molecule has 0 unspecified atom stereocenters. The van der Waals surface area contributed by atoms with Crippen LogP contribution in [0.15, 0.2) is 18.2 Å². The summed E-state index contributed by atoms with van der Waals surface area (Å²) < 4.78 is 13.3. The van der Waals surface area contributed by atoms with Crippen LogP contribution in [0.3, 0.4) is 0 Å². The van der Waals surface area contributed by atoms with E-state index in [0.717, 1.165) is 0 Å². The molecule has 1 aliphatic heterocycles. The van der Waals surface area contributed by atoms with Gasteiger partial charge in [-0.05, 0) is 18.6 Å². The minimum absolute atomic E-state index is 0.0121. The quantitative estimate of drug-likeness (QED) is 0.901. The average molecular weight is 285 g/mol. The van der Waals surface area contributed by atoms with Gasteiger partial charge in [0.15, 0.2) is 0 Å². The van der Waals surface area contributed by atoms with Crippen LogP contribution < -0.4 is 5.32 Å². The number of benzene rings is 1. The topological polar surface area (TPSA) is 49.4 Å². The van der Waals surface area contributed by atoms with E-state index in [1.165, 1.54) is 18.2 Å². The summed E-state index contributed by atoms with van der Waals surface area (Å²) in [5.41, 5.74) is 0.0908. The predicted octanol–water partition coefficient (Wildman–Crippen LogP) is 1.83. The van der Waals surface area contributed by atoms with Crippen LogP contribution in [0.2, 0.25) is 5.02 Å². The van der Waals surface area contributed by atoms with Gasteiger partial charge in [0.1, 0.15) is 5.82 Å². The number of nitrogens with zero attached hydrogens (tertiary/aromatic N) is 1. The van der Waals surface area contributed by atoms with Gasteiger partial charge in [0.05, 0.1) is 10.6 Å². The number of nitrogens with one attached hydrogen (secondary N) is 1. The Morgan fingerprint density at radius 2 is 2.26 bits per heavy atom.